The number of aromatic nitrogens is 3. The van der Waals surface area contributed by atoms with Crippen LogP contribution in [0.25, 0.3) is 21.0 Å². The number of rotatable bonds is 3. The van der Waals surface area contributed by atoms with Crippen LogP contribution < -0.4 is 5.73 Å². The van der Waals surface area contributed by atoms with E-state index in [-0.39, 0.29) is 0 Å². The Morgan fingerprint density at radius 2 is 1.91 bits per heavy atom. The quantitative estimate of drug-likeness (QED) is 0.605. The van der Waals surface area contributed by atoms with Crippen LogP contribution in [0.3, 0.4) is 0 Å². The Kier molecular flexibility index (Phi) is 3.55. The molecule has 0 radical (unpaired) electrons. The van der Waals surface area contributed by atoms with E-state index in [1.807, 2.05) is 18.4 Å². The molecule has 1 aromatic carbocycles. The van der Waals surface area contributed by atoms with Crippen molar-refractivity contribution >= 4 is 38.7 Å². The molecule has 0 atom stereocenters. The van der Waals surface area contributed by atoms with E-state index < -0.39 is 0 Å². The summed E-state index contributed by atoms with van der Waals surface area (Å²) in [6.07, 6.45) is 0.882. The van der Waals surface area contributed by atoms with Crippen LogP contribution in [-0.2, 0) is 6.42 Å². The molecule has 6 heteroatoms. The zero-order chi connectivity index (χ0) is 15.8. The molecule has 0 aliphatic rings. The maximum Gasteiger partial charge on any atom is 0.192 e. The van der Waals surface area contributed by atoms with E-state index in [0.29, 0.717) is 11.6 Å². The summed E-state index contributed by atoms with van der Waals surface area (Å²) < 4.78 is 0. The van der Waals surface area contributed by atoms with Crippen molar-refractivity contribution in [2.45, 2.75) is 13.3 Å². The van der Waals surface area contributed by atoms with Crippen molar-refractivity contribution in [1.29, 1.82) is 0 Å². The number of fused-ring (bicyclic) bond motifs is 1. The first-order valence-corrected chi connectivity index (χ1v) is 8.91. The molecule has 0 spiro atoms. The number of anilines is 1. The van der Waals surface area contributed by atoms with Crippen LogP contribution in [0.15, 0.2) is 41.8 Å². The molecular weight excluding hydrogens is 324 g/mol. The lowest BCUT2D eigenvalue weighted by Gasteiger charge is -1.98. The van der Waals surface area contributed by atoms with Crippen molar-refractivity contribution in [1.82, 2.24) is 15.0 Å². The third-order valence-electron chi connectivity index (χ3n) is 3.50. The summed E-state index contributed by atoms with van der Waals surface area (Å²) in [5, 5.41) is 3.74. The van der Waals surface area contributed by atoms with Crippen molar-refractivity contribution in [3.63, 3.8) is 0 Å². The van der Waals surface area contributed by atoms with Crippen molar-refractivity contribution in [2.75, 3.05) is 5.73 Å². The highest BCUT2D eigenvalue weighted by atomic mass is 32.1. The summed E-state index contributed by atoms with van der Waals surface area (Å²) in [5.41, 5.74) is 8.39. The van der Waals surface area contributed by atoms with Gasteiger partial charge in [0, 0.05) is 22.4 Å². The topological polar surface area (TPSA) is 64.7 Å². The molecule has 0 unspecified atom stereocenters. The van der Waals surface area contributed by atoms with Crippen molar-refractivity contribution < 1.29 is 0 Å². The fourth-order valence-electron chi connectivity index (χ4n) is 2.43. The molecule has 3 heterocycles. The maximum absolute atomic E-state index is 6.14. The number of nitrogen functional groups attached to an aromatic ring is 1. The highest BCUT2D eigenvalue weighted by Gasteiger charge is 2.13. The molecule has 0 bridgehead atoms. The SMILES string of the molecule is Cc1csc(-c2nc(N)c3cc(Cc4ccccc4)sc3n2)n1. The van der Waals surface area contributed by atoms with Gasteiger partial charge in [-0.3, -0.25) is 0 Å². The van der Waals surface area contributed by atoms with Gasteiger partial charge in [-0.25, -0.2) is 15.0 Å². The average Bonchev–Trinajstić information content (AvgIpc) is 3.14. The first-order chi connectivity index (χ1) is 11.2. The second-order valence-electron chi connectivity index (χ2n) is 5.32. The fourth-order valence-corrected chi connectivity index (χ4v) is 4.23. The molecule has 0 aliphatic carbocycles. The van der Waals surface area contributed by atoms with E-state index in [2.05, 4.69) is 45.3 Å². The predicted octanol–water partition coefficient (Wildman–Crippen LogP) is 4.30. The molecule has 0 fully saturated rings. The van der Waals surface area contributed by atoms with Crippen molar-refractivity contribution in [2.24, 2.45) is 0 Å². The van der Waals surface area contributed by atoms with Crippen molar-refractivity contribution in [3.05, 3.63) is 57.9 Å². The Labute approximate surface area is 141 Å². The van der Waals surface area contributed by atoms with E-state index in [1.165, 1.54) is 10.4 Å². The number of benzene rings is 1. The summed E-state index contributed by atoms with van der Waals surface area (Å²) >= 11 is 3.21. The third-order valence-corrected chi connectivity index (χ3v) is 5.49. The smallest absolute Gasteiger partial charge is 0.192 e. The summed E-state index contributed by atoms with van der Waals surface area (Å²) in [6.45, 7) is 1.96. The van der Waals surface area contributed by atoms with Crippen LogP contribution in [-0.4, -0.2) is 15.0 Å². The van der Waals surface area contributed by atoms with Gasteiger partial charge in [0.15, 0.2) is 10.8 Å². The van der Waals surface area contributed by atoms with Gasteiger partial charge >= 0.3 is 0 Å². The van der Waals surface area contributed by atoms with Gasteiger partial charge < -0.3 is 5.73 Å². The Bertz CT molecular complexity index is 973. The van der Waals surface area contributed by atoms with Gasteiger partial charge in [-0.15, -0.1) is 22.7 Å². The molecule has 0 saturated heterocycles. The number of nitrogens with two attached hydrogens (primary N) is 1. The highest BCUT2D eigenvalue weighted by molar-refractivity contribution is 7.18. The number of thiophene rings is 1. The van der Waals surface area contributed by atoms with Crippen LogP contribution in [0.2, 0.25) is 0 Å². The second kappa shape index (κ2) is 5.72. The van der Waals surface area contributed by atoms with Crippen LogP contribution in [0.4, 0.5) is 5.82 Å². The van der Waals surface area contributed by atoms with E-state index in [4.69, 9.17) is 5.73 Å². The minimum Gasteiger partial charge on any atom is -0.383 e. The van der Waals surface area contributed by atoms with E-state index in [0.717, 1.165) is 27.3 Å². The summed E-state index contributed by atoms with van der Waals surface area (Å²) in [6, 6.07) is 12.5. The first kappa shape index (κ1) is 14.3. The normalized spacial score (nSPS) is 11.2. The standard InChI is InChI=1S/C17H14N4S2/c1-10-9-22-17(19-10)15-20-14(18)13-8-12(23-16(13)21-15)7-11-5-3-2-4-6-11/h2-6,8-9H,7H2,1H3,(H2,18,20,21). The van der Waals surface area contributed by atoms with Crippen LogP contribution in [0.1, 0.15) is 16.1 Å². The maximum atomic E-state index is 6.14. The number of aryl methyl sites for hydroxylation is 1. The Hall–Kier alpha value is -2.31. The van der Waals surface area contributed by atoms with Gasteiger partial charge in [0.1, 0.15) is 10.6 Å². The zero-order valence-electron chi connectivity index (χ0n) is 12.5. The number of thiazole rings is 1. The van der Waals surface area contributed by atoms with E-state index in [9.17, 15) is 0 Å². The third kappa shape index (κ3) is 2.83. The molecule has 3 aromatic heterocycles. The Morgan fingerprint density at radius 1 is 1.09 bits per heavy atom. The van der Waals surface area contributed by atoms with E-state index in [1.54, 1.807) is 22.7 Å². The van der Waals surface area contributed by atoms with E-state index >= 15 is 0 Å². The molecule has 4 aromatic rings. The molecule has 0 saturated carbocycles. The average molecular weight is 338 g/mol. The largest absolute Gasteiger partial charge is 0.383 e. The number of nitrogens with zero attached hydrogens (tertiary/aromatic N) is 3. The molecular formula is C17H14N4S2. The van der Waals surface area contributed by atoms with Gasteiger partial charge in [0.25, 0.3) is 0 Å². The summed E-state index contributed by atoms with van der Waals surface area (Å²) in [4.78, 5) is 15.7. The highest BCUT2D eigenvalue weighted by Crippen LogP contribution is 2.31. The summed E-state index contributed by atoms with van der Waals surface area (Å²) in [7, 11) is 0. The van der Waals surface area contributed by atoms with Gasteiger partial charge in [0.2, 0.25) is 0 Å². The van der Waals surface area contributed by atoms with Gasteiger partial charge in [-0.2, -0.15) is 0 Å². The number of hydrogen-bond donors (Lipinski definition) is 1. The minimum absolute atomic E-state index is 0.522. The molecule has 0 aliphatic heterocycles. The molecule has 23 heavy (non-hydrogen) atoms. The monoisotopic (exact) mass is 338 g/mol. The minimum atomic E-state index is 0.522. The summed E-state index contributed by atoms with van der Waals surface area (Å²) in [5.74, 6) is 1.13. The van der Waals surface area contributed by atoms with Gasteiger partial charge in [-0.1, -0.05) is 30.3 Å². The lowest BCUT2D eigenvalue weighted by Crippen LogP contribution is -1.95. The molecule has 114 valence electrons. The molecule has 4 rings (SSSR count). The lowest BCUT2D eigenvalue weighted by molar-refractivity contribution is 1.19. The van der Waals surface area contributed by atoms with Crippen LogP contribution >= 0.6 is 22.7 Å². The van der Waals surface area contributed by atoms with Crippen molar-refractivity contribution in [3.8, 4) is 10.8 Å². The molecule has 2 N–H and O–H groups in total. The Morgan fingerprint density at radius 3 is 2.65 bits per heavy atom. The zero-order valence-corrected chi connectivity index (χ0v) is 14.1. The number of hydrogen-bond acceptors (Lipinski definition) is 6. The van der Waals surface area contributed by atoms with Crippen LogP contribution in [0.5, 0.6) is 0 Å². The molecule has 0 amide bonds. The van der Waals surface area contributed by atoms with Gasteiger partial charge in [-0.05, 0) is 18.6 Å². The second-order valence-corrected chi connectivity index (χ2v) is 7.29. The van der Waals surface area contributed by atoms with Crippen LogP contribution in [0, 0.1) is 6.92 Å². The fraction of sp³-hybridized carbons (Fsp3) is 0.118. The lowest BCUT2D eigenvalue weighted by atomic mass is 10.1. The Balaban J connectivity index is 1.75. The van der Waals surface area contributed by atoms with Gasteiger partial charge in [0.05, 0.1) is 5.39 Å². The molecule has 4 nitrogen and oxygen atoms in total. The predicted molar refractivity (Wildman–Crippen MR) is 96.9 cm³/mol. The first-order valence-electron chi connectivity index (χ1n) is 7.21.